The number of hydrogen-bond donors (Lipinski definition) is 2. The lowest BCUT2D eigenvalue weighted by molar-refractivity contribution is -0.132. The van der Waals surface area contributed by atoms with Gasteiger partial charge in [-0.1, -0.05) is 36.8 Å². The molecule has 5 nitrogen and oxygen atoms in total. The lowest BCUT2D eigenvalue weighted by Gasteiger charge is -2.37. The topological polar surface area (TPSA) is 61.4 Å². The van der Waals surface area contributed by atoms with Gasteiger partial charge in [-0.15, -0.1) is 0 Å². The van der Waals surface area contributed by atoms with Crippen LogP contribution >= 0.6 is 0 Å². The zero-order valence-corrected chi connectivity index (χ0v) is 15.9. The smallest absolute Gasteiger partial charge is 0.251 e. The summed E-state index contributed by atoms with van der Waals surface area (Å²) in [4.78, 5) is 27.6. The Balaban J connectivity index is 1.54. The van der Waals surface area contributed by atoms with Crippen LogP contribution in [0.2, 0.25) is 0 Å². The van der Waals surface area contributed by atoms with Crippen molar-refractivity contribution in [3.63, 3.8) is 0 Å². The average molecular weight is 367 g/mol. The molecule has 5 heteroatoms. The number of rotatable bonds is 0. The largest absolute Gasteiger partial charge is 0.350 e. The second-order valence-electron chi connectivity index (χ2n) is 8.23. The normalized spacial score (nSPS) is 27.0. The Kier molecular flexibility index (Phi) is 5.30. The van der Waals surface area contributed by atoms with Gasteiger partial charge in [-0.25, -0.2) is 0 Å². The molecule has 2 aliphatic heterocycles. The molecule has 3 aliphatic rings. The fourth-order valence-corrected chi connectivity index (χ4v) is 4.72. The highest BCUT2D eigenvalue weighted by Gasteiger charge is 2.48. The Bertz CT molecular complexity index is 739. The van der Waals surface area contributed by atoms with E-state index in [9.17, 15) is 9.59 Å². The molecule has 0 aromatic heterocycles. The molecule has 144 valence electrons. The quantitative estimate of drug-likeness (QED) is 0.692. The number of fused-ring (bicyclic) bond motifs is 2. The maximum atomic E-state index is 12.8. The summed E-state index contributed by atoms with van der Waals surface area (Å²) in [5.74, 6) is 0.179. The zero-order chi connectivity index (χ0) is 18.7. The van der Waals surface area contributed by atoms with Gasteiger partial charge < -0.3 is 15.5 Å². The minimum atomic E-state index is -0.0334. The van der Waals surface area contributed by atoms with Crippen molar-refractivity contribution in [1.29, 1.82) is 0 Å². The van der Waals surface area contributed by atoms with Gasteiger partial charge in [0, 0.05) is 44.2 Å². The first-order chi connectivity index (χ1) is 13.2. The third kappa shape index (κ3) is 3.93. The molecule has 2 fully saturated rings. The van der Waals surface area contributed by atoms with Crippen LogP contribution in [0.25, 0.3) is 0 Å². The van der Waals surface area contributed by atoms with Crippen LogP contribution < -0.4 is 10.6 Å². The summed E-state index contributed by atoms with van der Waals surface area (Å²) in [6.07, 6.45) is 10.1. The molecular formula is C22H29N3O2. The van der Waals surface area contributed by atoms with Crippen molar-refractivity contribution >= 4 is 11.8 Å². The first-order valence-corrected chi connectivity index (χ1v) is 10.2. The van der Waals surface area contributed by atoms with Gasteiger partial charge in [0.05, 0.1) is 0 Å². The first-order valence-electron chi connectivity index (χ1n) is 10.2. The van der Waals surface area contributed by atoms with E-state index in [0.29, 0.717) is 24.9 Å². The van der Waals surface area contributed by atoms with Crippen molar-refractivity contribution in [2.24, 2.45) is 5.41 Å². The minimum absolute atomic E-state index is 0.0334. The summed E-state index contributed by atoms with van der Waals surface area (Å²) in [5.41, 5.74) is 2.08. The van der Waals surface area contributed by atoms with E-state index < -0.39 is 0 Å². The third-order valence-corrected chi connectivity index (χ3v) is 6.39. The standard InChI is InChI=1S/C22H29N3O2/c26-20-9-13-23-12-4-3-7-17-6-1-2-8-19(17)21(27)24-15-18-14-22(10-5-11-22)16-25(18)20/h1-4,6,8,18,23H,5,7,9-16H2,(H,24,27)/b4-3-. The number of nitrogens with one attached hydrogen (secondary N) is 2. The molecule has 1 aliphatic carbocycles. The lowest BCUT2D eigenvalue weighted by Crippen LogP contribution is -2.44. The van der Waals surface area contributed by atoms with Crippen molar-refractivity contribution in [1.82, 2.24) is 15.5 Å². The van der Waals surface area contributed by atoms with Gasteiger partial charge in [0.2, 0.25) is 5.91 Å². The molecule has 1 aromatic carbocycles. The van der Waals surface area contributed by atoms with Crippen LogP contribution in [0.4, 0.5) is 0 Å². The average Bonchev–Trinajstić information content (AvgIpc) is 3.05. The molecular weight excluding hydrogens is 338 g/mol. The Morgan fingerprint density at radius 2 is 1.96 bits per heavy atom. The number of carbonyl (C=O) groups is 2. The van der Waals surface area contributed by atoms with Gasteiger partial charge in [-0.2, -0.15) is 0 Å². The van der Waals surface area contributed by atoms with E-state index in [1.54, 1.807) is 0 Å². The molecule has 27 heavy (non-hydrogen) atoms. The Labute approximate surface area is 161 Å². The van der Waals surface area contributed by atoms with Crippen molar-refractivity contribution in [3.8, 4) is 0 Å². The summed E-state index contributed by atoms with van der Waals surface area (Å²) < 4.78 is 0. The van der Waals surface area contributed by atoms with E-state index >= 15 is 0 Å². The summed E-state index contributed by atoms with van der Waals surface area (Å²) >= 11 is 0. The molecule has 1 aromatic rings. The monoisotopic (exact) mass is 367 g/mol. The number of amides is 2. The number of hydrogen-bond acceptors (Lipinski definition) is 3. The predicted molar refractivity (Wildman–Crippen MR) is 106 cm³/mol. The number of allylic oxidation sites excluding steroid dienone is 1. The second kappa shape index (κ2) is 7.85. The van der Waals surface area contributed by atoms with E-state index in [0.717, 1.165) is 37.1 Å². The van der Waals surface area contributed by atoms with E-state index in [1.807, 2.05) is 29.2 Å². The summed E-state index contributed by atoms with van der Waals surface area (Å²) in [6, 6.07) is 7.91. The summed E-state index contributed by atoms with van der Waals surface area (Å²) in [7, 11) is 0. The molecule has 0 bridgehead atoms. The van der Waals surface area contributed by atoms with Crippen LogP contribution in [0.5, 0.6) is 0 Å². The van der Waals surface area contributed by atoms with E-state index in [1.165, 1.54) is 19.3 Å². The van der Waals surface area contributed by atoms with Crippen LogP contribution in [-0.4, -0.2) is 48.9 Å². The Hall–Kier alpha value is -2.14. The molecule has 1 saturated heterocycles. The molecule has 4 rings (SSSR count). The number of carbonyl (C=O) groups excluding carboxylic acids is 2. The number of benzene rings is 1. The lowest BCUT2D eigenvalue weighted by atomic mass is 9.67. The van der Waals surface area contributed by atoms with Crippen molar-refractivity contribution in [2.75, 3.05) is 26.2 Å². The van der Waals surface area contributed by atoms with E-state index in [2.05, 4.69) is 22.8 Å². The Morgan fingerprint density at radius 3 is 2.78 bits per heavy atom. The highest BCUT2D eigenvalue weighted by atomic mass is 16.2. The fourth-order valence-electron chi connectivity index (χ4n) is 4.72. The fraction of sp³-hybridized carbons (Fsp3) is 0.545. The maximum Gasteiger partial charge on any atom is 0.251 e. The van der Waals surface area contributed by atoms with Gasteiger partial charge in [-0.05, 0) is 42.7 Å². The first kappa shape index (κ1) is 18.2. The van der Waals surface area contributed by atoms with Gasteiger partial charge in [0.25, 0.3) is 5.91 Å². The summed E-state index contributed by atoms with van der Waals surface area (Å²) in [6.45, 7) is 2.85. The van der Waals surface area contributed by atoms with Gasteiger partial charge >= 0.3 is 0 Å². The molecule has 1 spiro atoms. The summed E-state index contributed by atoms with van der Waals surface area (Å²) in [5, 5.41) is 6.44. The zero-order valence-electron chi connectivity index (χ0n) is 15.9. The SMILES string of the molecule is O=C1NCC2CC3(CCC3)CN2C(=O)CCNC/C=C\Cc2ccccc21. The van der Waals surface area contributed by atoms with Crippen molar-refractivity contribution in [3.05, 3.63) is 47.5 Å². The molecule has 1 atom stereocenters. The molecule has 1 unspecified atom stereocenters. The Morgan fingerprint density at radius 1 is 1.11 bits per heavy atom. The molecule has 2 amide bonds. The molecule has 2 N–H and O–H groups in total. The molecule has 0 radical (unpaired) electrons. The maximum absolute atomic E-state index is 12.8. The van der Waals surface area contributed by atoms with E-state index in [4.69, 9.17) is 0 Å². The van der Waals surface area contributed by atoms with E-state index in [-0.39, 0.29) is 17.9 Å². The highest BCUT2D eigenvalue weighted by molar-refractivity contribution is 5.95. The highest BCUT2D eigenvalue weighted by Crippen LogP contribution is 2.50. The van der Waals surface area contributed by atoms with Crippen LogP contribution in [0.1, 0.15) is 48.0 Å². The van der Waals surface area contributed by atoms with Gasteiger partial charge in [0.15, 0.2) is 0 Å². The van der Waals surface area contributed by atoms with Crippen LogP contribution in [0, 0.1) is 5.41 Å². The minimum Gasteiger partial charge on any atom is -0.350 e. The van der Waals surface area contributed by atoms with Crippen LogP contribution in [-0.2, 0) is 11.2 Å². The third-order valence-electron chi connectivity index (χ3n) is 6.39. The van der Waals surface area contributed by atoms with Crippen molar-refractivity contribution in [2.45, 2.75) is 44.6 Å². The number of nitrogens with zero attached hydrogens (tertiary/aromatic N) is 1. The van der Waals surface area contributed by atoms with Gasteiger partial charge in [-0.3, -0.25) is 9.59 Å². The van der Waals surface area contributed by atoms with Gasteiger partial charge in [0.1, 0.15) is 0 Å². The van der Waals surface area contributed by atoms with Crippen LogP contribution in [0.15, 0.2) is 36.4 Å². The van der Waals surface area contributed by atoms with Crippen LogP contribution in [0.3, 0.4) is 0 Å². The molecule has 1 saturated carbocycles. The predicted octanol–water partition coefficient (Wildman–Crippen LogP) is 2.28. The molecule has 2 heterocycles. The van der Waals surface area contributed by atoms with Crippen molar-refractivity contribution < 1.29 is 9.59 Å². The second-order valence-corrected chi connectivity index (χ2v) is 8.23.